The predicted molar refractivity (Wildman–Crippen MR) is 149 cm³/mol. The second-order valence-corrected chi connectivity index (χ2v) is 11.4. The minimum Gasteiger partial charge on any atom is -0.345 e. The topological polar surface area (TPSA) is 86.6 Å². The highest BCUT2D eigenvalue weighted by Gasteiger charge is 2.36. The van der Waals surface area contributed by atoms with Gasteiger partial charge in [0.2, 0.25) is 0 Å². The molecule has 7 rings (SSSR count). The van der Waals surface area contributed by atoms with E-state index in [1.165, 1.54) is 0 Å². The molecule has 0 saturated carbocycles. The largest absolute Gasteiger partial charge is 0.345 e. The summed E-state index contributed by atoms with van der Waals surface area (Å²) < 4.78 is 18.8. The fourth-order valence-electron chi connectivity index (χ4n) is 6.71. The first-order valence-corrected chi connectivity index (χ1v) is 13.8. The molecular weight excluding hydrogens is 507 g/mol. The van der Waals surface area contributed by atoms with E-state index in [0.29, 0.717) is 63.0 Å². The van der Waals surface area contributed by atoms with Gasteiger partial charge in [0.15, 0.2) is 5.78 Å². The van der Waals surface area contributed by atoms with Crippen molar-refractivity contribution in [1.29, 1.82) is 5.26 Å². The SMILES string of the molecule is CC1(F)CCCN(C(=O)N2CCn3cc(C4=C(c5cnc6ccccn56)C(=O)CC4)c4cc(C#N)cc(c43)C2)C1. The maximum Gasteiger partial charge on any atom is 0.320 e. The first-order valence-electron chi connectivity index (χ1n) is 13.8. The number of likely N-dealkylation sites (tertiary alicyclic amines) is 1. The van der Waals surface area contributed by atoms with Crippen LogP contribution in [0.25, 0.3) is 27.7 Å². The molecule has 0 N–H and O–H groups in total. The monoisotopic (exact) mass is 536 g/mol. The molecule has 1 aliphatic carbocycles. The van der Waals surface area contributed by atoms with Gasteiger partial charge < -0.3 is 14.4 Å². The summed E-state index contributed by atoms with van der Waals surface area (Å²) in [6, 6.07) is 11.6. The molecule has 1 unspecified atom stereocenters. The summed E-state index contributed by atoms with van der Waals surface area (Å²) in [6.07, 6.45) is 7.89. The van der Waals surface area contributed by atoms with Crippen LogP contribution in [0.2, 0.25) is 0 Å². The van der Waals surface area contributed by atoms with Gasteiger partial charge in [-0.2, -0.15) is 5.26 Å². The molecule has 202 valence electrons. The Kier molecular flexibility index (Phi) is 5.56. The van der Waals surface area contributed by atoms with E-state index in [-0.39, 0.29) is 18.4 Å². The van der Waals surface area contributed by atoms with Crippen molar-refractivity contribution in [1.82, 2.24) is 23.8 Å². The molecule has 3 aliphatic rings. The Morgan fingerprint density at radius 1 is 1.15 bits per heavy atom. The summed E-state index contributed by atoms with van der Waals surface area (Å²) in [5.74, 6) is 0.0866. The lowest BCUT2D eigenvalue weighted by atomic mass is 9.97. The summed E-state index contributed by atoms with van der Waals surface area (Å²) in [4.78, 5) is 34.6. The zero-order chi connectivity index (χ0) is 27.6. The van der Waals surface area contributed by atoms with Gasteiger partial charge in [-0.1, -0.05) is 6.07 Å². The first kappa shape index (κ1) is 24.6. The lowest BCUT2D eigenvalue weighted by Gasteiger charge is -2.38. The standard InChI is InChI=1S/C31H29FN6O2/c1-31(32)8-4-9-37(19-31)30(40)36-12-11-35-18-24(23-14-20(15-33)13-21(17-36)29(23)35)22-6-7-26(39)28(22)25-16-34-27-5-2-3-10-38(25)27/h2-3,5,10,13-14,16,18H,4,6-9,11-12,17,19H2,1H3. The molecule has 2 aliphatic heterocycles. The highest BCUT2D eigenvalue weighted by atomic mass is 19.1. The Hall–Kier alpha value is -4.45. The average molecular weight is 537 g/mol. The number of halogens is 1. The van der Waals surface area contributed by atoms with Crippen LogP contribution in [-0.2, 0) is 17.9 Å². The van der Waals surface area contributed by atoms with Gasteiger partial charge in [0, 0.05) is 61.5 Å². The number of piperidine rings is 1. The molecule has 4 aromatic rings. The van der Waals surface area contributed by atoms with Crippen molar-refractivity contribution in [2.24, 2.45) is 0 Å². The van der Waals surface area contributed by atoms with Gasteiger partial charge in [-0.25, -0.2) is 14.2 Å². The van der Waals surface area contributed by atoms with Crippen LogP contribution in [0.1, 0.15) is 55.0 Å². The number of aromatic nitrogens is 3. The number of rotatable bonds is 2. The number of alkyl halides is 1. The van der Waals surface area contributed by atoms with Gasteiger partial charge in [0.1, 0.15) is 11.3 Å². The van der Waals surface area contributed by atoms with Crippen LogP contribution in [0.15, 0.2) is 48.9 Å². The highest BCUT2D eigenvalue weighted by Crippen LogP contribution is 2.42. The van der Waals surface area contributed by atoms with Crippen molar-refractivity contribution in [3.8, 4) is 6.07 Å². The number of hydrogen-bond donors (Lipinski definition) is 0. The molecule has 2 amide bonds. The zero-order valence-corrected chi connectivity index (χ0v) is 22.4. The van der Waals surface area contributed by atoms with E-state index in [9.17, 15) is 19.2 Å². The molecule has 1 fully saturated rings. The second-order valence-electron chi connectivity index (χ2n) is 11.4. The van der Waals surface area contributed by atoms with Crippen molar-refractivity contribution in [3.05, 3.63) is 71.3 Å². The van der Waals surface area contributed by atoms with Crippen molar-refractivity contribution in [2.45, 2.75) is 51.4 Å². The maximum absolute atomic E-state index is 14.7. The van der Waals surface area contributed by atoms with Gasteiger partial charge in [-0.05, 0) is 61.6 Å². The minimum absolute atomic E-state index is 0.0866. The predicted octanol–water partition coefficient (Wildman–Crippen LogP) is 5.19. The van der Waals surface area contributed by atoms with Gasteiger partial charge in [-0.15, -0.1) is 0 Å². The number of imidazole rings is 1. The molecule has 8 nitrogen and oxygen atoms in total. The van der Waals surface area contributed by atoms with Crippen molar-refractivity contribution in [3.63, 3.8) is 0 Å². The number of amides is 2. The van der Waals surface area contributed by atoms with E-state index >= 15 is 0 Å². The summed E-state index contributed by atoms with van der Waals surface area (Å²) in [6.45, 7) is 3.58. The number of nitriles is 1. The minimum atomic E-state index is -1.38. The normalized spacial score (nSPS) is 21.4. The van der Waals surface area contributed by atoms with Gasteiger partial charge in [0.25, 0.3) is 0 Å². The van der Waals surface area contributed by atoms with Crippen LogP contribution in [0, 0.1) is 11.3 Å². The van der Waals surface area contributed by atoms with E-state index in [2.05, 4.69) is 21.8 Å². The number of Topliss-reactive ketones (excluding diaryl/α,β-unsaturated/α-hetero) is 1. The third-order valence-electron chi connectivity index (χ3n) is 8.52. The smallest absolute Gasteiger partial charge is 0.320 e. The van der Waals surface area contributed by atoms with Crippen molar-refractivity contribution >= 4 is 39.5 Å². The van der Waals surface area contributed by atoms with Gasteiger partial charge >= 0.3 is 6.03 Å². The molecule has 9 heteroatoms. The number of allylic oxidation sites excluding steroid dienone is 2. The lowest BCUT2D eigenvalue weighted by Crippen LogP contribution is -2.51. The number of carbonyl (C=O) groups is 2. The number of urea groups is 1. The number of pyridine rings is 1. The number of fused-ring (bicyclic) bond motifs is 1. The molecule has 0 spiro atoms. The number of ketones is 1. The molecule has 5 heterocycles. The molecule has 40 heavy (non-hydrogen) atoms. The average Bonchev–Trinajstić information content (AvgIpc) is 3.60. The molecule has 1 aromatic carbocycles. The van der Waals surface area contributed by atoms with Gasteiger partial charge in [-0.3, -0.25) is 9.20 Å². The van der Waals surface area contributed by atoms with Crippen LogP contribution in [0.5, 0.6) is 0 Å². The fourth-order valence-corrected chi connectivity index (χ4v) is 6.71. The van der Waals surface area contributed by atoms with Crippen LogP contribution in [0.4, 0.5) is 9.18 Å². The number of carbonyl (C=O) groups excluding carboxylic acids is 2. The third-order valence-corrected chi connectivity index (χ3v) is 8.52. The third kappa shape index (κ3) is 3.89. The van der Waals surface area contributed by atoms with E-state index in [1.54, 1.807) is 22.9 Å². The van der Waals surface area contributed by atoms with E-state index in [4.69, 9.17) is 0 Å². The molecule has 0 bridgehead atoms. The quantitative estimate of drug-likeness (QED) is 0.353. The summed E-state index contributed by atoms with van der Waals surface area (Å²) in [5.41, 5.74) is 5.13. The maximum atomic E-state index is 14.7. The number of hydrogen-bond acceptors (Lipinski definition) is 4. The van der Waals surface area contributed by atoms with E-state index < -0.39 is 5.67 Å². The van der Waals surface area contributed by atoms with Crippen LogP contribution >= 0.6 is 0 Å². The van der Waals surface area contributed by atoms with Crippen molar-refractivity contribution in [2.75, 3.05) is 19.6 Å². The molecule has 0 radical (unpaired) electrons. The van der Waals surface area contributed by atoms with Crippen molar-refractivity contribution < 1.29 is 14.0 Å². The summed E-state index contributed by atoms with van der Waals surface area (Å²) in [7, 11) is 0. The fraction of sp³-hybridized carbons (Fsp3) is 0.355. The Balaban J connectivity index is 1.33. The molecule has 1 saturated heterocycles. The lowest BCUT2D eigenvalue weighted by molar-refractivity contribution is -0.113. The van der Waals surface area contributed by atoms with E-state index in [0.717, 1.165) is 38.9 Å². The van der Waals surface area contributed by atoms with Gasteiger partial charge in [0.05, 0.1) is 35.6 Å². The Bertz CT molecular complexity index is 1790. The summed E-state index contributed by atoms with van der Waals surface area (Å²) in [5, 5.41) is 10.8. The van der Waals surface area contributed by atoms with Crippen LogP contribution in [-0.4, -0.2) is 60.9 Å². The van der Waals surface area contributed by atoms with E-state index in [1.807, 2.05) is 40.9 Å². The van der Waals surface area contributed by atoms with Crippen LogP contribution in [0.3, 0.4) is 0 Å². The Morgan fingerprint density at radius 3 is 2.85 bits per heavy atom. The number of nitrogens with zero attached hydrogens (tertiary/aromatic N) is 6. The molecular formula is C31H29FN6O2. The number of benzene rings is 1. The Morgan fingerprint density at radius 2 is 2.02 bits per heavy atom. The summed E-state index contributed by atoms with van der Waals surface area (Å²) >= 11 is 0. The first-order chi connectivity index (χ1) is 19.3. The molecule has 1 atom stereocenters. The van der Waals surface area contributed by atoms with Crippen LogP contribution < -0.4 is 0 Å². The highest BCUT2D eigenvalue weighted by molar-refractivity contribution is 6.31. The zero-order valence-electron chi connectivity index (χ0n) is 22.4. The second kappa shape index (κ2) is 9.05. The Labute approximate surface area is 230 Å². The molecule has 3 aromatic heterocycles.